The van der Waals surface area contributed by atoms with Gasteiger partial charge in [-0.15, -0.1) is 0 Å². The van der Waals surface area contributed by atoms with Crippen LogP contribution in [0.25, 0.3) is 11.2 Å². The molecule has 114 valence electrons. The zero-order valence-electron chi connectivity index (χ0n) is 12.2. The Kier molecular flexibility index (Phi) is 5.18. The fourth-order valence-electron chi connectivity index (χ4n) is 1.80. The molecule has 0 aliphatic heterocycles. The summed E-state index contributed by atoms with van der Waals surface area (Å²) in [6.45, 7) is 7.93. The Balaban J connectivity index is 2.20. The van der Waals surface area contributed by atoms with Gasteiger partial charge in [-0.2, -0.15) is 0 Å². The minimum Gasteiger partial charge on any atom is -0.361 e. The van der Waals surface area contributed by atoms with Gasteiger partial charge in [-0.25, -0.2) is 9.97 Å². The molecule has 2 aromatic rings. The Morgan fingerprint density at radius 3 is 2.76 bits per heavy atom. The van der Waals surface area contributed by atoms with Crippen molar-refractivity contribution >= 4 is 53.1 Å². The molecule has 0 aliphatic rings. The summed E-state index contributed by atoms with van der Waals surface area (Å²) in [5.74, 6) is 0. The Morgan fingerprint density at radius 2 is 2.14 bits per heavy atom. The summed E-state index contributed by atoms with van der Waals surface area (Å²) in [6.07, 6.45) is 2.45. The van der Waals surface area contributed by atoms with E-state index in [2.05, 4.69) is 45.5 Å². The minimum atomic E-state index is -1.11. The van der Waals surface area contributed by atoms with Gasteiger partial charge in [-0.1, -0.05) is 31.2 Å². The first-order valence-electron chi connectivity index (χ1n) is 6.56. The van der Waals surface area contributed by atoms with E-state index in [9.17, 15) is 4.79 Å². The van der Waals surface area contributed by atoms with Crippen LogP contribution >= 0.6 is 27.5 Å². The first-order valence-corrected chi connectivity index (χ1v) is 11.4. The van der Waals surface area contributed by atoms with E-state index in [-0.39, 0.29) is 5.15 Å². The zero-order chi connectivity index (χ0) is 15.6. The van der Waals surface area contributed by atoms with Gasteiger partial charge >= 0.3 is 0 Å². The number of fused-ring (bicyclic) bond motifs is 1. The monoisotopic (exact) mass is 389 g/mol. The maximum Gasteiger partial charge on any atom is 0.164 e. The SMILES string of the molecule is C[Si](C)(C)CCOCn1cc(C=O)c2nc(Br)c(Cl)nc21. The summed E-state index contributed by atoms with van der Waals surface area (Å²) >= 11 is 9.19. The van der Waals surface area contributed by atoms with Gasteiger partial charge in [0.1, 0.15) is 16.9 Å². The Bertz CT molecular complexity index is 669. The van der Waals surface area contributed by atoms with Gasteiger partial charge in [0.05, 0.1) is 5.56 Å². The van der Waals surface area contributed by atoms with E-state index in [1.54, 1.807) is 10.8 Å². The Labute approximate surface area is 137 Å². The Morgan fingerprint density at radius 1 is 1.43 bits per heavy atom. The van der Waals surface area contributed by atoms with Crippen LogP contribution in [0.3, 0.4) is 0 Å². The van der Waals surface area contributed by atoms with Gasteiger partial charge in [0, 0.05) is 20.9 Å². The van der Waals surface area contributed by atoms with Crippen molar-refractivity contribution in [3.63, 3.8) is 0 Å². The van der Waals surface area contributed by atoms with E-state index < -0.39 is 8.07 Å². The minimum absolute atomic E-state index is 0.265. The normalized spacial score (nSPS) is 12.0. The molecule has 0 radical (unpaired) electrons. The third-order valence-electron chi connectivity index (χ3n) is 2.99. The van der Waals surface area contributed by atoms with Crippen LogP contribution in [0.2, 0.25) is 30.8 Å². The number of carbonyl (C=O) groups is 1. The number of hydrogen-bond donors (Lipinski definition) is 0. The molecule has 21 heavy (non-hydrogen) atoms. The van der Waals surface area contributed by atoms with Crippen molar-refractivity contribution < 1.29 is 9.53 Å². The third kappa shape index (κ3) is 4.12. The standard InChI is InChI=1S/C13H17BrClN3O2Si/c1-21(2,3)5-4-20-8-18-6-9(7-19)10-13(18)17-12(15)11(14)16-10/h6-7H,4-5,8H2,1-3H3. The first kappa shape index (κ1) is 16.6. The number of carbonyl (C=O) groups excluding carboxylic acids is 1. The lowest BCUT2D eigenvalue weighted by atomic mass is 10.3. The molecule has 0 N–H and O–H groups in total. The lowest BCUT2D eigenvalue weighted by Crippen LogP contribution is -2.22. The summed E-state index contributed by atoms with van der Waals surface area (Å²) in [5, 5.41) is 0.265. The van der Waals surface area contributed by atoms with Gasteiger partial charge < -0.3 is 9.30 Å². The second kappa shape index (κ2) is 6.56. The van der Waals surface area contributed by atoms with Gasteiger partial charge in [-0.3, -0.25) is 4.79 Å². The maximum absolute atomic E-state index is 11.1. The van der Waals surface area contributed by atoms with Crippen molar-refractivity contribution in [2.24, 2.45) is 0 Å². The smallest absolute Gasteiger partial charge is 0.164 e. The third-order valence-corrected chi connectivity index (χ3v) is 5.74. The second-order valence-corrected chi connectivity index (χ2v) is 12.7. The molecule has 0 fully saturated rings. The number of rotatable bonds is 6. The van der Waals surface area contributed by atoms with Gasteiger partial charge in [0.25, 0.3) is 0 Å². The van der Waals surface area contributed by atoms with Crippen LogP contribution in [0.4, 0.5) is 0 Å². The fraction of sp³-hybridized carbons (Fsp3) is 0.462. The number of halogens is 2. The zero-order valence-corrected chi connectivity index (χ0v) is 15.5. The van der Waals surface area contributed by atoms with Crippen molar-refractivity contribution in [2.45, 2.75) is 32.4 Å². The average molecular weight is 391 g/mol. The van der Waals surface area contributed by atoms with Crippen LogP contribution < -0.4 is 0 Å². The van der Waals surface area contributed by atoms with Crippen LogP contribution in [0.5, 0.6) is 0 Å². The van der Waals surface area contributed by atoms with Crippen LogP contribution in [-0.4, -0.2) is 35.5 Å². The first-order chi connectivity index (χ1) is 9.81. The van der Waals surface area contributed by atoms with Crippen molar-refractivity contribution in [2.75, 3.05) is 6.61 Å². The molecule has 0 saturated heterocycles. The van der Waals surface area contributed by atoms with E-state index in [1.807, 2.05) is 0 Å². The largest absolute Gasteiger partial charge is 0.361 e. The molecule has 2 rings (SSSR count). The lowest BCUT2D eigenvalue weighted by Gasteiger charge is -2.15. The van der Waals surface area contributed by atoms with Crippen molar-refractivity contribution in [1.29, 1.82) is 0 Å². The molecule has 0 aromatic carbocycles. The topological polar surface area (TPSA) is 57.0 Å². The quantitative estimate of drug-likeness (QED) is 0.425. The molecule has 0 spiro atoms. The molecule has 0 amide bonds. The van der Waals surface area contributed by atoms with Crippen molar-refractivity contribution in [3.05, 3.63) is 21.5 Å². The predicted octanol–water partition coefficient (Wildman–Crippen LogP) is 3.97. The van der Waals surface area contributed by atoms with Crippen LogP contribution in [0, 0.1) is 0 Å². The van der Waals surface area contributed by atoms with Crippen LogP contribution in [-0.2, 0) is 11.5 Å². The van der Waals surface area contributed by atoms with E-state index in [1.165, 1.54) is 0 Å². The Hall–Kier alpha value is -0.763. The van der Waals surface area contributed by atoms with Crippen molar-refractivity contribution in [3.8, 4) is 0 Å². The number of hydrogen-bond acceptors (Lipinski definition) is 4. The molecule has 0 atom stereocenters. The highest BCUT2D eigenvalue weighted by atomic mass is 79.9. The summed E-state index contributed by atoms with van der Waals surface area (Å²) < 4.78 is 7.88. The van der Waals surface area contributed by atoms with E-state index in [0.717, 1.165) is 12.3 Å². The van der Waals surface area contributed by atoms with Gasteiger partial charge in [0.2, 0.25) is 0 Å². The van der Waals surface area contributed by atoms with E-state index in [4.69, 9.17) is 16.3 Å². The van der Waals surface area contributed by atoms with Gasteiger partial charge in [-0.05, 0) is 22.0 Å². The molecule has 8 heteroatoms. The predicted molar refractivity (Wildman–Crippen MR) is 89.7 cm³/mol. The summed E-state index contributed by atoms with van der Waals surface area (Å²) in [6, 6.07) is 1.09. The molecule has 0 unspecified atom stereocenters. The second-order valence-electron chi connectivity index (χ2n) is 6.00. The van der Waals surface area contributed by atoms with Crippen molar-refractivity contribution in [1.82, 2.24) is 14.5 Å². The van der Waals surface area contributed by atoms with E-state index >= 15 is 0 Å². The molecule has 2 heterocycles. The lowest BCUT2D eigenvalue weighted by molar-refractivity contribution is 0.0897. The van der Waals surface area contributed by atoms with Gasteiger partial charge in [0.15, 0.2) is 17.1 Å². The average Bonchev–Trinajstić information content (AvgIpc) is 2.72. The number of ether oxygens (including phenoxy) is 1. The summed E-state index contributed by atoms with van der Waals surface area (Å²) in [5.41, 5.74) is 1.55. The maximum atomic E-state index is 11.1. The molecule has 5 nitrogen and oxygen atoms in total. The molecule has 0 bridgehead atoms. The van der Waals surface area contributed by atoms with Crippen LogP contribution in [0.15, 0.2) is 10.8 Å². The highest BCUT2D eigenvalue weighted by molar-refractivity contribution is 9.10. The highest BCUT2D eigenvalue weighted by Crippen LogP contribution is 2.24. The number of nitrogens with zero attached hydrogens (tertiary/aromatic N) is 3. The molecule has 0 saturated carbocycles. The molecule has 0 aliphatic carbocycles. The molecule has 2 aromatic heterocycles. The van der Waals surface area contributed by atoms with Crippen LogP contribution in [0.1, 0.15) is 10.4 Å². The number of aromatic nitrogens is 3. The fourth-order valence-corrected chi connectivity index (χ4v) is 2.94. The van der Waals surface area contributed by atoms with E-state index in [0.29, 0.717) is 34.7 Å². The molecular formula is C13H17BrClN3O2Si. The highest BCUT2D eigenvalue weighted by Gasteiger charge is 2.15. The number of aldehydes is 1. The summed E-state index contributed by atoms with van der Waals surface area (Å²) in [7, 11) is -1.11. The molecular weight excluding hydrogens is 374 g/mol. The summed E-state index contributed by atoms with van der Waals surface area (Å²) in [4.78, 5) is 19.6.